The third kappa shape index (κ3) is 3.70. The summed E-state index contributed by atoms with van der Waals surface area (Å²) >= 11 is 0. The van der Waals surface area contributed by atoms with Crippen LogP contribution in [0.2, 0.25) is 0 Å². The number of benzene rings is 1. The van der Waals surface area contributed by atoms with E-state index in [-0.39, 0.29) is 5.91 Å². The van der Waals surface area contributed by atoms with Gasteiger partial charge in [-0.1, -0.05) is 26.0 Å². The third-order valence-corrected chi connectivity index (χ3v) is 3.47. The Bertz CT molecular complexity index is 428. The number of piperazine rings is 1. The van der Waals surface area contributed by atoms with Crippen LogP contribution in [0.5, 0.6) is 0 Å². The fraction of sp³-hybridized carbons (Fsp3) is 0.533. The number of amides is 1. The molecule has 0 saturated carbocycles. The van der Waals surface area contributed by atoms with Crippen LogP contribution in [0, 0.1) is 0 Å². The number of likely N-dealkylation sites (N-methyl/N-ethyl adjacent to an activating group) is 1. The van der Waals surface area contributed by atoms with E-state index in [4.69, 9.17) is 0 Å². The largest absolute Gasteiger partial charge is 0.360 e. The van der Waals surface area contributed by atoms with Crippen molar-refractivity contribution in [2.45, 2.75) is 26.4 Å². The molecule has 1 heterocycles. The topological polar surface area (TPSA) is 35.6 Å². The summed E-state index contributed by atoms with van der Waals surface area (Å²) in [5, 5.41) is 3.40. The summed E-state index contributed by atoms with van der Waals surface area (Å²) in [6.45, 7) is 7.37. The highest BCUT2D eigenvalue weighted by Gasteiger charge is 2.20. The van der Waals surface area contributed by atoms with E-state index in [2.05, 4.69) is 48.3 Å². The number of hydrogen-bond donors (Lipinski definition) is 1. The van der Waals surface area contributed by atoms with Crippen LogP contribution in [0.25, 0.3) is 0 Å². The molecule has 1 aliphatic rings. The lowest BCUT2D eigenvalue weighted by Crippen LogP contribution is -2.48. The summed E-state index contributed by atoms with van der Waals surface area (Å²) in [7, 11) is 1.86. The molecule has 104 valence electrons. The van der Waals surface area contributed by atoms with E-state index in [1.54, 1.807) is 4.90 Å². The van der Waals surface area contributed by atoms with Gasteiger partial charge in [0.15, 0.2) is 0 Å². The molecule has 4 heteroatoms. The molecule has 19 heavy (non-hydrogen) atoms. The molecule has 4 nitrogen and oxygen atoms in total. The number of anilines is 1. The van der Waals surface area contributed by atoms with Gasteiger partial charge >= 0.3 is 0 Å². The molecule has 1 aromatic carbocycles. The molecule has 0 bridgehead atoms. The summed E-state index contributed by atoms with van der Waals surface area (Å²) in [5.74, 6) is 0.191. The van der Waals surface area contributed by atoms with Crippen molar-refractivity contribution in [2.75, 3.05) is 31.6 Å². The second kappa shape index (κ2) is 6.06. The van der Waals surface area contributed by atoms with E-state index in [9.17, 15) is 4.79 Å². The third-order valence-electron chi connectivity index (χ3n) is 3.47. The zero-order chi connectivity index (χ0) is 13.8. The van der Waals surface area contributed by atoms with Crippen molar-refractivity contribution < 1.29 is 4.79 Å². The minimum atomic E-state index is 0.191. The predicted molar refractivity (Wildman–Crippen MR) is 78.3 cm³/mol. The molecule has 1 fully saturated rings. The predicted octanol–water partition coefficient (Wildman–Crippen LogP) is 1.46. The monoisotopic (exact) mass is 261 g/mol. The van der Waals surface area contributed by atoms with Gasteiger partial charge in [-0.2, -0.15) is 0 Å². The van der Waals surface area contributed by atoms with E-state index >= 15 is 0 Å². The van der Waals surface area contributed by atoms with Gasteiger partial charge in [0, 0.05) is 38.4 Å². The fourth-order valence-electron chi connectivity index (χ4n) is 2.13. The number of nitrogens with one attached hydrogen (secondary N) is 1. The van der Waals surface area contributed by atoms with Crippen LogP contribution < -0.4 is 10.2 Å². The van der Waals surface area contributed by atoms with Crippen molar-refractivity contribution in [3.05, 3.63) is 29.8 Å². The average Bonchev–Trinajstić information content (AvgIpc) is 2.40. The van der Waals surface area contributed by atoms with E-state index in [0.717, 1.165) is 25.3 Å². The SMILES string of the molecule is CC(C)NCc1ccc(N2CCN(C)C(=O)C2)cc1. The van der Waals surface area contributed by atoms with Crippen LogP contribution in [0.1, 0.15) is 19.4 Å². The Morgan fingerprint density at radius 3 is 2.47 bits per heavy atom. The molecule has 1 N–H and O–H groups in total. The lowest BCUT2D eigenvalue weighted by Gasteiger charge is -2.33. The average molecular weight is 261 g/mol. The molecule has 2 rings (SSSR count). The van der Waals surface area contributed by atoms with Gasteiger partial charge in [0.1, 0.15) is 0 Å². The first-order chi connectivity index (χ1) is 9.06. The Labute approximate surface area is 115 Å². The van der Waals surface area contributed by atoms with Gasteiger partial charge in [0.2, 0.25) is 5.91 Å². The molecule has 0 spiro atoms. The van der Waals surface area contributed by atoms with Crippen LogP contribution >= 0.6 is 0 Å². The highest BCUT2D eigenvalue weighted by atomic mass is 16.2. The molecule has 0 unspecified atom stereocenters. The summed E-state index contributed by atoms with van der Waals surface area (Å²) in [5.41, 5.74) is 2.41. The summed E-state index contributed by atoms with van der Waals surface area (Å²) in [6.07, 6.45) is 0. The number of carbonyl (C=O) groups is 1. The van der Waals surface area contributed by atoms with Crippen LogP contribution in [0.4, 0.5) is 5.69 Å². The van der Waals surface area contributed by atoms with Crippen molar-refractivity contribution in [1.82, 2.24) is 10.2 Å². The van der Waals surface area contributed by atoms with Gasteiger partial charge in [0.25, 0.3) is 0 Å². The number of hydrogen-bond acceptors (Lipinski definition) is 3. The lowest BCUT2D eigenvalue weighted by molar-refractivity contribution is -0.129. The number of nitrogens with zero attached hydrogens (tertiary/aromatic N) is 2. The number of carbonyl (C=O) groups excluding carboxylic acids is 1. The lowest BCUT2D eigenvalue weighted by atomic mass is 10.1. The Morgan fingerprint density at radius 1 is 1.21 bits per heavy atom. The quantitative estimate of drug-likeness (QED) is 0.891. The Balaban J connectivity index is 1.96. The van der Waals surface area contributed by atoms with Crippen molar-refractivity contribution in [2.24, 2.45) is 0 Å². The first-order valence-corrected chi connectivity index (χ1v) is 6.87. The normalized spacial score (nSPS) is 16.3. The van der Waals surface area contributed by atoms with E-state index in [0.29, 0.717) is 12.6 Å². The maximum atomic E-state index is 11.7. The van der Waals surface area contributed by atoms with Crippen molar-refractivity contribution in [3.8, 4) is 0 Å². The summed E-state index contributed by atoms with van der Waals surface area (Å²) < 4.78 is 0. The van der Waals surface area contributed by atoms with Gasteiger partial charge in [-0.25, -0.2) is 0 Å². The highest BCUT2D eigenvalue weighted by molar-refractivity contribution is 5.82. The Morgan fingerprint density at radius 2 is 1.89 bits per heavy atom. The second-order valence-electron chi connectivity index (χ2n) is 5.44. The highest BCUT2D eigenvalue weighted by Crippen LogP contribution is 2.17. The van der Waals surface area contributed by atoms with Crippen LogP contribution in [-0.4, -0.2) is 43.5 Å². The van der Waals surface area contributed by atoms with Gasteiger partial charge in [-0.05, 0) is 17.7 Å². The van der Waals surface area contributed by atoms with E-state index in [1.165, 1.54) is 5.56 Å². The van der Waals surface area contributed by atoms with Crippen molar-refractivity contribution in [1.29, 1.82) is 0 Å². The molecule has 0 aliphatic carbocycles. The standard InChI is InChI=1S/C15H23N3O/c1-12(2)16-10-13-4-6-14(7-5-13)18-9-8-17(3)15(19)11-18/h4-7,12,16H,8-11H2,1-3H3. The van der Waals surface area contributed by atoms with Crippen molar-refractivity contribution >= 4 is 11.6 Å². The molecule has 1 amide bonds. The summed E-state index contributed by atoms with van der Waals surface area (Å²) in [6, 6.07) is 8.97. The fourth-order valence-corrected chi connectivity index (χ4v) is 2.13. The van der Waals surface area contributed by atoms with E-state index < -0.39 is 0 Å². The maximum Gasteiger partial charge on any atom is 0.241 e. The second-order valence-corrected chi connectivity index (χ2v) is 5.44. The molecule has 1 saturated heterocycles. The molecule has 0 radical (unpaired) electrons. The van der Waals surface area contributed by atoms with Gasteiger partial charge in [0.05, 0.1) is 6.54 Å². The zero-order valence-electron chi connectivity index (χ0n) is 12.0. The molecule has 1 aromatic rings. The van der Waals surface area contributed by atoms with Crippen LogP contribution in [-0.2, 0) is 11.3 Å². The van der Waals surface area contributed by atoms with Crippen LogP contribution in [0.3, 0.4) is 0 Å². The molecular formula is C15H23N3O. The van der Waals surface area contributed by atoms with E-state index in [1.807, 2.05) is 7.05 Å². The minimum absolute atomic E-state index is 0.191. The molecular weight excluding hydrogens is 238 g/mol. The maximum absolute atomic E-state index is 11.7. The minimum Gasteiger partial charge on any atom is -0.360 e. The first kappa shape index (κ1) is 13.9. The Hall–Kier alpha value is -1.55. The Kier molecular flexibility index (Phi) is 4.43. The van der Waals surface area contributed by atoms with Gasteiger partial charge in [-0.3, -0.25) is 4.79 Å². The molecule has 0 aromatic heterocycles. The van der Waals surface area contributed by atoms with Crippen LogP contribution in [0.15, 0.2) is 24.3 Å². The summed E-state index contributed by atoms with van der Waals surface area (Å²) in [4.78, 5) is 15.6. The number of rotatable bonds is 4. The smallest absolute Gasteiger partial charge is 0.241 e. The zero-order valence-corrected chi connectivity index (χ0v) is 12.0. The van der Waals surface area contributed by atoms with Crippen molar-refractivity contribution in [3.63, 3.8) is 0 Å². The van der Waals surface area contributed by atoms with Gasteiger partial charge in [-0.15, -0.1) is 0 Å². The van der Waals surface area contributed by atoms with Gasteiger partial charge < -0.3 is 15.1 Å². The molecule has 1 aliphatic heterocycles. The molecule has 0 atom stereocenters. The first-order valence-electron chi connectivity index (χ1n) is 6.87.